The van der Waals surface area contributed by atoms with Gasteiger partial charge in [-0.2, -0.15) is 0 Å². The molecule has 98 valence electrons. The zero-order valence-electron chi connectivity index (χ0n) is 10.7. The first kappa shape index (κ1) is 13.8. The topological polar surface area (TPSA) is 54.0 Å². The van der Waals surface area contributed by atoms with Crippen LogP contribution < -0.4 is 10.6 Å². The van der Waals surface area contributed by atoms with Crippen LogP contribution in [0.15, 0.2) is 36.5 Å². The quantitative estimate of drug-likeness (QED) is 0.819. The number of anilines is 2. The number of carbonyl (C=O) groups is 1. The predicted molar refractivity (Wildman–Crippen MR) is 85.6 cm³/mol. The summed E-state index contributed by atoms with van der Waals surface area (Å²) in [7, 11) is 1.79. The highest BCUT2D eigenvalue weighted by Crippen LogP contribution is 2.18. The smallest absolute Gasteiger partial charge is 0.259 e. The van der Waals surface area contributed by atoms with Gasteiger partial charge in [-0.15, -0.1) is 0 Å². The van der Waals surface area contributed by atoms with E-state index in [2.05, 4.69) is 38.2 Å². The van der Waals surface area contributed by atoms with E-state index in [0.717, 1.165) is 20.6 Å². The molecule has 0 aliphatic carbocycles. The first-order chi connectivity index (χ1) is 9.10. The molecule has 0 saturated heterocycles. The van der Waals surface area contributed by atoms with E-state index in [1.807, 2.05) is 37.3 Å². The Hall–Kier alpha value is -1.63. The van der Waals surface area contributed by atoms with Crippen LogP contribution in [0.25, 0.3) is 0 Å². The Balaban J connectivity index is 2.22. The summed E-state index contributed by atoms with van der Waals surface area (Å²) in [6.07, 6.45) is 1.59. The number of halogens is 1. The van der Waals surface area contributed by atoms with Crippen LogP contribution in [0.5, 0.6) is 0 Å². The molecule has 0 spiro atoms. The summed E-state index contributed by atoms with van der Waals surface area (Å²) in [5, 5.41) is 5.87. The number of nitrogens with one attached hydrogen (secondary N) is 2. The molecular formula is C14H14IN3O. The van der Waals surface area contributed by atoms with Crippen LogP contribution in [0.4, 0.5) is 11.4 Å². The fraction of sp³-hybridized carbons (Fsp3) is 0.143. The third-order valence-electron chi connectivity index (χ3n) is 2.66. The van der Waals surface area contributed by atoms with Crippen LogP contribution >= 0.6 is 22.6 Å². The number of benzene rings is 1. The number of aryl methyl sites for hydroxylation is 1. The van der Waals surface area contributed by atoms with Crippen molar-refractivity contribution >= 4 is 39.9 Å². The third-order valence-corrected chi connectivity index (χ3v) is 3.38. The molecule has 0 aliphatic rings. The highest BCUT2D eigenvalue weighted by atomic mass is 127. The maximum Gasteiger partial charge on any atom is 0.259 e. The summed E-state index contributed by atoms with van der Waals surface area (Å²) >= 11 is 2.22. The van der Waals surface area contributed by atoms with Crippen molar-refractivity contribution in [3.05, 3.63) is 51.4 Å². The van der Waals surface area contributed by atoms with Crippen LogP contribution in [-0.2, 0) is 0 Å². The van der Waals surface area contributed by atoms with Crippen LogP contribution in [0.1, 0.15) is 16.1 Å². The second kappa shape index (κ2) is 6.01. The Morgan fingerprint density at radius 3 is 2.58 bits per heavy atom. The summed E-state index contributed by atoms with van der Waals surface area (Å²) in [6, 6.07) is 9.49. The van der Waals surface area contributed by atoms with Gasteiger partial charge < -0.3 is 10.6 Å². The van der Waals surface area contributed by atoms with Crippen LogP contribution in [-0.4, -0.2) is 17.9 Å². The van der Waals surface area contributed by atoms with Crippen molar-refractivity contribution in [3.63, 3.8) is 0 Å². The summed E-state index contributed by atoms with van der Waals surface area (Å²) in [5.41, 5.74) is 2.95. The molecule has 4 nitrogen and oxygen atoms in total. The molecule has 1 aromatic carbocycles. The van der Waals surface area contributed by atoms with Gasteiger partial charge in [-0.3, -0.25) is 9.78 Å². The van der Waals surface area contributed by atoms with Gasteiger partial charge in [-0.1, -0.05) is 0 Å². The normalized spacial score (nSPS) is 10.1. The first-order valence-corrected chi connectivity index (χ1v) is 6.89. The lowest BCUT2D eigenvalue weighted by Gasteiger charge is -2.10. The second-order valence-electron chi connectivity index (χ2n) is 4.08. The molecule has 1 amide bonds. The van der Waals surface area contributed by atoms with E-state index >= 15 is 0 Å². The Morgan fingerprint density at radius 1 is 1.26 bits per heavy atom. The van der Waals surface area contributed by atoms with Gasteiger partial charge in [0.15, 0.2) is 0 Å². The fourth-order valence-corrected chi connectivity index (χ4v) is 2.04. The molecule has 0 saturated carbocycles. The van der Waals surface area contributed by atoms with E-state index in [4.69, 9.17) is 0 Å². The molecule has 0 atom stereocenters. The van der Waals surface area contributed by atoms with E-state index in [0.29, 0.717) is 5.56 Å². The number of nitrogens with zero attached hydrogens (tertiary/aromatic N) is 1. The number of carbonyl (C=O) groups excluding carboxylic acids is 1. The van der Waals surface area contributed by atoms with Gasteiger partial charge in [-0.05, 0) is 59.8 Å². The standard InChI is InChI=1S/C14H14IN3O/c1-9-7-13(16-2)12(8-17-9)14(19)18-11-5-3-10(15)4-6-11/h3-8H,1-2H3,(H,16,17)(H,18,19). The largest absolute Gasteiger partial charge is 0.387 e. The van der Waals surface area contributed by atoms with Crippen LogP contribution in [0, 0.1) is 10.5 Å². The zero-order chi connectivity index (χ0) is 13.8. The molecule has 5 heteroatoms. The maximum absolute atomic E-state index is 12.2. The Kier molecular flexibility index (Phi) is 4.36. The molecule has 2 aromatic rings. The van der Waals surface area contributed by atoms with Gasteiger partial charge in [0.25, 0.3) is 5.91 Å². The number of aromatic nitrogens is 1. The summed E-state index contributed by atoms with van der Waals surface area (Å²) < 4.78 is 1.13. The lowest BCUT2D eigenvalue weighted by molar-refractivity contribution is 0.102. The number of hydrogen-bond acceptors (Lipinski definition) is 3. The minimum atomic E-state index is -0.168. The van der Waals surface area contributed by atoms with Crippen molar-refractivity contribution in [2.45, 2.75) is 6.92 Å². The monoisotopic (exact) mass is 367 g/mol. The van der Waals surface area contributed by atoms with Crippen molar-refractivity contribution in [2.75, 3.05) is 17.7 Å². The molecule has 0 radical (unpaired) electrons. The van der Waals surface area contributed by atoms with Crippen molar-refractivity contribution in [1.29, 1.82) is 0 Å². The predicted octanol–water partition coefficient (Wildman–Crippen LogP) is 3.29. The molecule has 0 aliphatic heterocycles. The van der Waals surface area contributed by atoms with E-state index in [1.54, 1.807) is 13.2 Å². The average molecular weight is 367 g/mol. The van der Waals surface area contributed by atoms with Gasteiger partial charge in [0, 0.05) is 28.2 Å². The highest BCUT2D eigenvalue weighted by molar-refractivity contribution is 14.1. The first-order valence-electron chi connectivity index (χ1n) is 5.81. The van der Waals surface area contributed by atoms with Crippen LogP contribution in [0.3, 0.4) is 0 Å². The molecule has 2 rings (SSSR count). The van der Waals surface area contributed by atoms with Gasteiger partial charge in [-0.25, -0.2) is 0 Å². The molecule has 0 bridgehead atoms. The molecule has 2 N–H and O–H groups in total. The molecule has 1 aromatic heterocycles. The highest BCUT2D eigenvalue weighted by Gasteiger charge is 2.11. The SMILES string of the molecule is CNc1cc(C)ncc1C(=O)Nc1ccc(I)cc1. The summed E-state index contributed by atoms with van der Waals surface area (Å²) in [4.78, 5) is 16.4. The van der Waals surface area contributed by atoms with Gasteiger partial charge in [0.05, 0.1) is 11.3 Å². The Morgan fingerprint density at radius 2 is 1.95 bits per heavy atom. The summed E-state index contributed by atoms with van der Waals surface area (Å²) in [5.74, 6) is -0.168. The third kappa shape index (κ3) is 3.44. The maximum atomic E-state index is 12.2. The summed E-state index contributed by atoms with van der Waals surface area (Å²) in [6.45, 7) is 1.89. The van der Waals surface area contributed by atoms with E-state index in [1.165, 1.54) is 0 Å². The number of hydrogen-bond donors (Lipinski definition) is 2. The van der Waals surface area contributed by atoms with Crippen molar-refractivity contribution < 1.29 is 4.79 Å². The minimum Gasteiger partial charge on any atom is -0.387 e. The Bertz CT molecular complexity index is 596. The van der Waals surface area contributed by atoms with Crippen LogP contribution in [0.2, 0.25) is 0 Å². The van der Waals surface area contributed by atoms with Crippen molar-refractivity contribution in [2.24, 2.45) is 0 Å². The number of rotatable bonds is 3. The molecule has 0 fully saturated rings. The average Bonchev–Trinajstić information content (AvgIpc) is 2.41. The zero-order valence-corrected chi connectivity index (χ0v) is 12.9. The van der Waals surface area contributed by atoms with Gasteiger partial charge >= 0.3 is 0 Å². The van der Waals surface area contributed by atoms with Crippen molar-refractivity contribution in [1.82, 2.24) is 4.98 Å². The molecule has 19 heavy (non-hydrogen) atoms. The Labute approximate surface area is 125 Å². The lowest BCUT2D eigenvalue weighted by atomic mass is 10.2. The van der Waals surface area contributed by atoms with Gasteiger partial charge in [0.2, 0.25) is 0 Å². The van der Waals surface area contributed by atoms with Gasteiger partial charge in [0.1, 0.15) is 0 Å². The number of amides is 1. The molecule has 0 unspecified atom stereocenters. The molecule has 1 heterocycles. The van der Waals surface area contributed by atoms with E-state index < -0.39 is 0 Å². The fourth-order valence-electron chi connectivity index (χ4n) is 1.68. The molecular weight excluding hydrogens is 353 g/mol. The lowest BCUT2D eigenvalue weighted by Crippen LogP contribution is -2.14. The van der Waals surface area contributed by atoms with E-state index in [9.17, 15) is 4.79 Å². The van der Waals surface area contributed by atoms with E-state index in [-0.39, 0.29) is 5.91 Å². The minimum absolute atomic E-state index is 0.168. The van der Waals surface area contributed by atoms with Crippen molar-refractivity contribution in [3.8, 4) is 0 Å². The number of pyridine rings is 1. The second-order valence-corrected chi connectivity index (χ2v) is 5.33.